The smallest absolute Gasteiger partial charge is 0.255 e. The van der Waals surface area contributed by atoms with Gasteiger partial charge in [0.2, 0.25) is 5.91 Å². The number of carbonyl (C=O) groups excluding carboxylic acids is 2. The number of carbonyl (C=O) groups is 2. The minimum Gasteiger partial charge on any atom is -0.467 e. The highest BCUT2D eigenvalue weighted by Crippen LogP contribution is 2.26. The normalized spacial score (nSPS) is 20.7. The van der Waals surface area contributed by atoms with Crippen LogP contribution in [-0.2, 0) is 11.3 Å². The van der Waals surface area contributed by atoms with Gasteiger partial charge in [-0.3, -0.25) is 9.59 Å². The zero-order chi connectivity index (χ0) is 18.1. The van der Waals surface area contributed by atoms with Gasteiger partial charge < -0.3 is 19.6 Å². The third kappa shape index (κ3) is 3.34. The highest BCUT2D eigenvalue weighted by atomic mass is 16.3. The number of nitrogens with two attached hydrogens (primary N) is 1. The van der Waals surface area contributed by atoms with Crippen molar-refractivity contribution in [1.82, 2.24) is 9.47 Å². The Balaban J connectivity index is 1.85. The molecular weight excluding hydrogens is 318 g/mol. The van der Waals surface area contributed by atoms with Gasteiger partial charge in [0.15, 0.2) is 0 Å². The van der Waals surface area contributed by atoms with Gasteiger partial charge in [-0.2, -0.15) is 0 Å². The van der Waals surface area contributed by atoms with Crippen LogP contribution in [-0.4, -0.2) is 33.9 Å². The van der Waals surface area contributed by atoms with Gasteiger partial charge in [-0.05, 0) is 51.8 Å². The molecule has 2 atom stereocenters. The number of furan rings is 1. The first kappa shape index (κ1) is 17.3. The molecule has 0 saturated carbocycles. The van der Waals surface area contributed by atoms with Crippen LogP contribution in [0.15, 0.2) is 28.9 Å². The van der Waals surface area contributed by atoms with Gasteiger partial charge in [0, 0.05) is 24.0 Å². The molecule has 2 amide bonds. The third-order valence-electron chi connectivity index (χ3n) is 5.24. The molecule has 0 aromatic carbocycles. The van der Waals surface area contributed by atoms with E-state index in [0.717, 1.165) is 30.0 Å². The Kier molecular flexibility index (Phi) is 4.70. The number of amides is 2. The average molecular weight is 343 g/mol. The molecule has 1 aliphatic rings. The van der Waals surface area contributed by atoms with Crippen LogP contribution < -0.4 is 5.73 Å². The molecule has 0 spiro atoms. The largest absolute Gasteiger partial charge is 0.467 e. The number of nitrogens with zero attached hydrogens (tertiary/aromatic N) is 2. The molecule has 0 aliphatic carbocycles. The molecule has 1 aliphatic heterocycles. The zero-order valence-electron chi connectivity index (χ0n) is 15.0. The van der Waals surface area contributed by atoms with Crippen LogP contribution in [0.5, 0.6) is 0 Å². The SMILES string of the molecule is Cc1cc(C(=O)N2C[C@H](C(N)=O)CC[C@H]2C)c(C)n1Cc1ccco1. The van der Waals surface area contributed by atoms with E-state index >= 15 is 0 Å². The Morgan fingerprint density at radius 1 is 1.32 bits per heavy atom. The quantitative estimate of drug-likeness (QED) is 0.926. The number of aryl methyl sites for hydroxylation is 1. The first-order chi connectivity index (χ1) is 11.9. The molecule has 1 saturated heterocycles. The van der Waals surface area contributed by atoms with Crippen LogP contribution >= 0.6 is 0 Å². The number of likely N-dealkylation sites (tertiary alicyclic amines) is 1. The molecule has 25 heavy (non-hydrogen) atoms. The number of aromatic nitrogens is 1. The van der Waals surface area contributed by atoms with Crippen molar-refractivity contribution in [2.45, 2.75) is 46.2 Å². The lowest BCUT2D eigenvalue weighted by atomic mass is 9.92. The lowest BCUT2D eigenvalue weighted by Gasteiger charge is -2.37. The highest BCUT2D eigenvalue weighted by Gasteiger charge is 2.33. The Labute approximate surface area is 147 Å². The fraction of sp³-hybridized carbons (Fsp3) is 0.474. The number of primary amides is 1. The van der Waals surface area contributed by atoms with E-state index in [1.165, 1.54) is 0 Å². The molecule has 0 bridgehead atoms. The summed E-state index contributed by atoms with van der Waals surface area (Å²) in [7, 11) is 0. The van der Waals surface area contributed by atoms with Gasteiger partial charge in [0.05, 0.1) is 24.3 Å². The van der Waals surface area contributed by atoms with Crippen LogP contribution in [0, 0.1) is 19.8 Å². The predicted octanol–water partition coefficient (Wildman–Crippen LogP) is 2.47. The third-order valence-corrected chi connectivity index (χ3v) is 5.24. The summed E-state index contributed by atoms with van der Waals surface area (Å²) in [6.45, 7) is 6.95. The molecule has 3 rings (SSSR count). The standard InChI is InChI=1S/C19H25N3O3/c1-12-6-7-15(18(20)23)10-22(12)19(24)17-9-13(2)21(14(17)3)11-16-5-4-8-25-16/h4-5,8-9,12,15H,6-7,10-11H2,1-3H3,(H2,20,23)/t12-,15-/m1/s1. The number of hydrogen-bond donors (Lipinski definition) is 1. The summed E-state index contributed by atoms with van der Waals surface area (Å²) in [5.74, 6) is 0.234. The van der Waals surface area contributed by atoms with E-state index in [0.29, 0.717) is 18.7 Å². The second kappa shape index (κ2) is 6.78. The average Bonchev–Trinajstić information content (AvgIpc) is 3.18. The van der Waals surface area contributed by atoms with E-state index in [2.05, 4.69) is 4.57 Å². The summed E-state index contributed by atoms with van der Waals surface area (Å²) >= 11 is 0. The van der Waals surface area contributed by atoms with E-state index < -0.39 is 0 Å². The Bertz CT molecular complexity index is 776. The summed E-state index contributed by atoms with van der Waals surface area (Å²) in [6, 6.07) is 5.80. The maximum absolute atomic E-state index is 13.1. The van der Waals surface area contributed by atoms with Crippen molar-refractivity contribution >= 4 is 11.8 Å². The van der Waals surface area contributed by atoms with E-state index in [1.54, 1.807) is 11.2 Å². The first-order valence-electron chi connectivity index (χ1n) is 8.68. The molecule has 6 heteroatoms. The fourth-order valence-corrected chi connectivity index (χ4v) is 3.60. The van der Waals surface area contributed by atoms with Crippen molar-refractivity contribution in [2.24, 2.45) is 11.7 Å². The van der Waals surface area contributed by atoms with Gasteiger partial charge in [0.1, 0.15) is 5.76 Å². The van der Waals surface area contributed by atoms with Crippen LogP contribution in [0.2, 0.25) is 0 Å². The van der Waals surface area contributed by atoms with Gasteiger partial charge in [0.25, 0.3) is 5.91 Å². The minimum absolute atomic E-state index is 0.0303. The van der Waals surface area contributed by atoms with Gasteiger partial charge in [-0.25, -0.2) is 0 Å². The topological polar surface area (TPSA) is 81.5 Å². The summed E-state index contributed by atoms with van der Waals surface area (Å²) in [5, 5.41) is 0. The fourth-order valence-electron chi connectivity index (χ4n) is 3.60. The van der Waals surface area contributed by atoms with Crippen LogP contribution in [0.1, 0.15) is 47.3 Å². The van der Waals surface area contributed by atoms with E-state index in [9.17, 15) is 9.59 Å². The molecule has 2 N–H and O–H groups in total. The lowest BCUT2D eigenvalue weighted by Crippen LogP contribution is -2.48. The molecule has 0 radical (unpaired) electrons. The lowest BCUT2D eigenvalue weighted by molar-refractivity contribution is -0.123. The summed E-state index contributed by atoms with van der Waals surface area (Å²) in [5.41, 5.74) is 8.05. The molecule has 3 heterocycles. The molecule has 0 unspecified atom stereocenters. The maximum Gasteiger partial charge on any atom is 0.255 e. The number of hydrogen-bond acceptors (Lipinski definition) is 3. The minimum atomic E-state index is -0.326. The Hall–Kier alpha value is -2.50. The van der Waals surface area contributed by atoms with Crippen molar-refractivity contribution in [1.29, 1.82) is 0 Å². The van der Waals surface area contributed by atoms with Crippen LogP contribution in [0.25, 0.3) is 0 Å². The van der Waals surface area contributed by atoms with E-state index in [4.69, 9.17) is 10.2 Å². The summed E-state index contributed by atoms with van der Waals surface area (Å²) in [4.78, 5) is 26.4. The monoisotopic (exact) mass is 343 g/mol. The second-order valence-corrected chi connectivity index (χ2v) is 6.93. The van der Waals surface area contributed by atoms with Crippen molar-refractivity contribution in [3.63, 3.8) is 0 Å². The zero-order valence-corrected chi connectivity index (χ0v) is 15.0. The number of rotatable bonds is 4. The van der Waals surface area contributed by atoms with Crippen molar-refractivity contribution < 1.29 is 14.0 Å². The second-order valence-electron chi connectivity index (χ2n) is 6.93. The van der Waals surface area contributed by atoms with E-state index in [1.807, 2.05) is 39.0 Å². The van der Waals surface area contributed by atoms with Crippen molar-refractivity contribution in [3.8, 4) is 0 Å². The predicted molar refractivity (Wildman–Crippen MR) is 94.1 cm³/mol. The van der Waals surface area contributed by atoms with Crippen LogP contribution in [0.3, 0.4) is 0 Å². The first-order valence-corrected chi connectivity index (χ1v) is 8.68. The van der Waals surface area contributed by atoms with Gasteiger partial charge >= 0.3 is 0 Å². The Morgan fingerprint density at radius 2 is 2.08 bits per heavy atom. The molecule has 134 valence electrons. The van der Waals surface area contributed by atoms with Gasteiger partial charge in [-0.1, -0.05) is 0 Å². The Morgan fingerprint density at radius 3 is 2.72 bits per heavy atom. The molecule has 2 aromatic heterocycles. The molecule has 6 nitrogen and oxygen atoms in total. The van der Waals surface area contributed by atoms with Gasteiger partial charge in [-0.15, -0.1) is 0 Å². The molecular formula is C19H25N3O3. The van der Waals surface area contributed by atoms with Crippen LogP contribution in [0.4, 0.5) is 0 Å². The maximum atomic E-state index is 13.1. The summed E-state index contributed by atoms with van der Waals surface area (Å²) < 4.78 is 7.50. The van der Waals surface area contributed by atoms with E-state index in [-0.39, 0.29) is 23.8 Å². The molecule has 2 aromatic rings. The highest BCUT2D eigenvalue weighted by molar-refractivity contribution is 5.96. The number of piperidine rings is 1. The molecule has 1 fully saturated rings. The van der Waals surface area contributed by atoms with Crippen molar-refractivity contribution in [3.05, 3.63) is 47.2 Å². The van der Waals surface area contributed by atoms with Crippen molar-refractivity contribution in [2.75, 3.05) is 6.54 Å². The summed E-state index contributed by atoms with van der Waals surface area (Å²) in [6.07, 6.45) is 3.19.